The second-order valence-electron chi connectivity index (χ2n) is 4.57. The zero-order valence-corrected chi connectivity index (χ0v) is 11.0. The van der Waals surface area contributed by atoms with Crippen molar-refractivity contribution in [3.8, 4) is 5.75 Å². The standard InChI is InChI=1S/C15H15N3O2/c16-14-8-3-5-11(17-14)15(19)18-9-4-10-20-13-7-2-1-6-12(13)18/h1-3,5-8H,4,9-10H2,(H2,16,17). The van der Waals surface area contributed by atoms with Gasteiger partial charge in [-0.3, -0.25) is 4.79 Å². The molecule has 1 aliphatic heterocycles. The van der Waals surface area contributed by atoms with E-state index in [1.54, 1.807) is 23.1 Å². The van der Waals surface area contributed by atoms with Crippen LogP contribution in [-0.4, -0.2) is 24.0 Å². The summed E-state index contributed by atoms with van der Waals surface area (Å²) in [5.74, 6) is 0.910. The van der Waals surface area contributed by atoms with E-state index in [-0.39, 0.29) is 5.91 Å². The smallest absolute Gasteiger partial charge is 0.277 e. The van der Waals surface area contributed by atoms with Crippen molar-refractivity contribution in [1.82, 2.24) is 4.98 Å². The van der Waals surface area contributed by atoms with Gasteiger partial charge in [0.05, 0.1) is 12.3 Å². The van der Waals surface area contributed by atoms with Crippen LogP contribution in [0.15, 0.2) is 42.5 Å². The average Bonchev–Trinajstić information content (AvgIpc) is 2.69. The fourth-order valence-corrected chi connectivity index (χ4v) is 2.25. The normalized spacial score (nSPS) is 14.1. The number of hydrogen-bond acceptors (Lipinski definition) is 4. The number of fused-ring (bicyclic) bond motifs is 1. The minimum Gasteiger partial charge on any atom is -0.491 e. The Hall–Kier alpha value is -2.56. The number of anilines is 2. The largest absolute Gasteiger partial charge is 0.491 e. The van der Waals surface area contributed by atoms with Gasteiger partial charge in [0, 0.05) is 6.54 Å². The monoisotopic (exact) mass is 269 g/mol. The summed E-state index contributed by atoms with van der Waals surface area (Å²) in [6.45, 7) is 1.21. The average molecular weight is 269 g/mol. The van der Waals surface area contributed by atoms with Crippen LogP contribution in [0.1, 0.15) is 16.9 Å². The lowest BCUT2D eigenvalue weighted by molar-refractivity contribution is 0.0982. The highest BCUT2D eigenvalue weighted by Gasteiger charge is 2.23. The summed E-state index contributed by atoms with van der Waals surface area (Å²) >= 11 is 0. The van der Waals surface area contributed by atoms with E-state index >= 15 is 0 Å². The molecule has 0 aliphatic carbocycles. The van der Waals surface area contributed by atoms with Gasteiger partial charge in [-0.2, -0.15) is 0 Å². The number of benzene rings is 1. The van der Waals surface area contributed by atoms with E-state index < -0.39 is 0 Å². The molecule has 0 bridgehead atoms. The molecule has 102 valence electrons. The van der Waals surface area contributed by atoms with E-state index in [0.29, 0.717) is 24.7 Å². The number of hydrogen-bond donors (Lipinski definition) is 1. The first-order chi connectivity index (χ1) is 9.75. The Labute approximate surface area is 117 Å². The Morgan fingerprint density at radius 2 is 2.05 bits per heavy atom. The summed E-state index contributed by atoms with van der Waals surface area (Å²) in [5, 5.41) is 0. The summed E-state index contributed by atoms with van der Waals surface area (Å²) < 4.78 is 5.65. The molecule has 0 fully saturated rings. The molecule has 2 aromatic rings. The molecule has 0 spiro atoms. The number of pyridine rings is 1. The molecule has 0 atom stereocenters. The lowest BCUT2D eigenvalue weighted by Crippen LogP contribution is -2.32. The second kappa shape index (κ2) is 5.21. The first kappa shape index (κ1) is 12.5. The quantitative estimate of drug-likeness (QED) is 0.860. The highest BCUT2D eigenvalue weighted by atomic mass is 16.5. The van der Waals surface area contributed by atoms with Crippen LogP contribution in [0.4, 0.5) is 11.5 Å². The third-order valence-electron chi connectivity index (χ3n) is 3.17. The van der Waals surface area contributed by atoms with Crippen molar-refractivity contribution in [2.45, 2.75) is 6.42 Å². The lowest BCUT2D eigenvalue weighted by atomic mass is 10.2. The number of ether oxygens (including phenoxy) is 1. The SMILES string of the molecule is Nc1cccc(C(=O)N2CCCOc3ccccc32)n1. The van der Waals surface area contributed by atoms with E-state index in [0.717, 1.165) is 17.9 Å². The summed E-state index contributed by atoms with van der Waals surface area (Å²) in [6.07, 6.45) is 0.780. The van der Waals surface area contributed by atoms with Crippen LogP contribution in [0, 0.1) is 0 Å². The Balaban J connectivity index is 1.99. The molecular weight excluding hydrogens is 254 g/mol. The first-order valence-electron chi connectivity index (χ1n) is 6.52. The molecule has 0 saturated heterocycles. The third-order valence-corrected chi connectivity index (χ3v) is 3.17. The van der Waals surface area contributed by atoms with Crippen molar-refractivity contribution in [3.05, 3.63) is 48.2 Å². The number of para-hydroxylation sites is 2. The first-order valence-corrected chi connectivity index (χ1v) is 6.52. The number of amides is 1. The van der Waals surface area contributed by atoms with Gasteiger partial charge in [0.2, 0.25) is 0 Å². The summed E-state index contributed by atoms with van der Waals surface area (Å²) in [7, 11) is 0. The van der Waals surface area contributed by atoms with Crippen LogP contribution in [0.2, 0.25) is 0 Å². The van der Waals surface area contributed by atoms with Gasteiger partial charge in [-0.05, 0) is 30.7 Å². The maximum absolute atomic E-state index is 12.6. The van der Waals surface area contributed by atoms with Crippen molar-refractivity contribution in [2.75, 3.05) is 23.8 Å². The van der Waals surface area contributed by atoms with E-state index in [1.807, 2.05) is 24.3 Å². The summed E-state index contributed by atoms with van der Waals surface area (Å²) in [5.41, 5.74) is 6.77. The van der Waals surface area contributed by atoms with Crippen LogP contribution in [0.25, 0.3) is 0 Å². The van der Waals surface area contributed by atoms with Gasteiger partial charge in [0.25, 0.3) is 5.91 Å². The van der Waals surface area contributed by atoms with Crippen LogP contribution in [0.3, 0.4) is 0 Å². The fraction of sp³-hybridized carbons (Fsp3) is 0.200. The van der Waals surface area contributed by atoms with Crippen molar-refractivity contribution >= 4 is 17.4 Å². The molecule has 2 N–H and O–H groups in total. The highest BCUT2D eigenvalue weighted by Crippen LogP contribution is 2.31. The molecule has 1 aromatic heterocycles. The zero-order chi connectivity index (χ0) is 13.9. The van der Waals surface area contributed by atoms with Crippen molar-refractivity contribution in [1.29, 1.82) is 0 Å². The fourth-order valence-electron chi connectivity index (χ4n) is 2.25. The predicted molar refractivity (Wildman–Crippen MR) is 76.9 cm³/mol. The molecule has 0 unspecified atom stereocenters. The molecule has 2 heterocycles. The maximum Gasteiger partial charge on any atom is 0.277 e. The van der Waals surface area contributed by atoms with Crippen molar-refractivity contribution in [3.63, 3.8) is 0 Å². The number of rotatable bonds is 1. The van der Waals surface area contributed by atoms with Crippen molar-refractivity contribution < 1.29 is 9.53 Å². The summed E-state index contributed by atoms with van der Waals surface area (Å²) in [4.78, 5) is 18.4. The summed E-state index contributed by atoms with van der Waals surface area (Å²) in [6, 6.07) is 12.6. The lowest BCUT2D eigenvalue weighted by Gasteiger charge is -2.21. The molecule has 1 amide bonds. The zero-order valence-electron chi connectivity index (χ0n) is 11.0. The van der Waals surface area contributed by atoms with Crippen LogP contribution in [0.5, 0.6) is 5.75 Å². The minimum absolute atomic E-state index is 0.157. The predicted octanol–water partition coefficient (Wildman–Crippen LogP) is 2.09. The molecule has 1 aromatic carbocycles. The highest BCUT2D eigenvalue weighted by molar-refractivity contribution is 6.05. The van der Waals surface area contributed by atoms with Gasteiger partial charge in [0.15, 0.2) is 0 Å². The number of nitrogen functional groups attached to an aromatic ring is 1. The molecule has 0 saturated carbocycles. The topological polar surface area (TPSA) is 68.5 Å². The van der Waals surface area contributed by atoms with Gasteiger partial charge in [-0.25, -0.2) is 4.98 Å². The molecule has 5 heteroatoms. The van der Waals surface area contributed by atoms with E-state index in [2.05, 4.69) is 4.98 Å². The third kappa shape index (κ3) is 2.30. The Bertz CT molecular complexity index is 643. The maximum atomic E-state index is 12.6. The number of nitrogens with zero attached hydrogens (tertiary/aromatic N) is 2. The van der Waals surface area contributed by atoms with Crippen LogP contribution in [-0.2, 0) is 0 Å². The molecular formula is C15H15N3O2. The van der Waals surface area contributed by atoms with Crippen molar-refractivity contribution in [2.24, 2.45) is 0 Å². The Morgan fingerprint density at radius 3 is 2.90 bits per heavy atom. The number of nitrogens with two attached hydrogens (primary N) is 1. The van der Waals surface area contributed by atoms with Gasteiger partial charge in [-0.15, -0.1) is 0 Å². The van der Waals surface area contributed by atoms with Gasteiger partial charge in [0.1, 0.15) is 17.3 Å². The van der Waals surface area contributed by atoms with Crippen LogP contribution >= 0.6 is 0 Å². The molecule has 1 aliphatic rings. The van der Waals surface area contributed by atoms with E-state index in [1.165, 1.54) is 0 Å². The Morgan fingerprint density at radius 1 is 1.20 bits per heavy atom. The molecule has 20 heavy (non-hydrogen) atoms. The molecule has 5 nitrogen and oxygen atoms in total. The van der Waals surface area contributed by atoms with E-state index in [4.69, 9.17) is 10.5 Å². The molecule has 0 radical (unpaired) electrons. The Kier molecular flexibility index (Phi) is 3.25. The van der Waals surface area contributed by atoms with Gasteiger partial charge < -0.3 is 15.4 Å². The van der Waals surface area contributed by atoms with Gasteiger partial charge in [-0.1, -0.05) is 18.2 Å². The number of aromatic nitrogens is 1. The minimum atomic E-state index is -0.157. The van der Waals surface area contributed by atoms with Crippen LogP contribution < -0.4 is 15.4 Å². The van der Waals surface area contributed by atoms with Gasteiger partial charge >= 0.3 is 0 Å². The number of carbonyl (C=O) groups excluding carboxylic acids is 1. The number of carbonyl (C=O) groups is 1. The molecule has 3 rings (SSSR count). The van der Waals surface area contributed by atoms with E-state index in [9.17, 15) is 4.79 Å². The second-order valence-corrected chi connectivity index (χ2v) is 4.57.